The normalized spacial score (nSPS) is 30.0. The second kappa shape index (κ2) is 6.41. The Labute approximate surface area is 141 Å². The highest BCUT2D eigenvalue weighted by atomic mass is 19.4. The van der Waals surface area contributed by atoms with Crippen LogP contribution in [0.15, 0.2) is 24.3 Å². The summed E-state index contributed by atoms with van der Waals surface area (Å²) in [7, 11) is 1.82. The van der Waals surface area contributed by atoms with Crippen molar-refractivity contribution in [3.63, 3.8) is 0 Å². The summed E-state index contributed by atoms with van der Waals surface area (Å²) in [5.41, 5.74) is -0.326. The molecule has 1 amide bonds. The molecule has 2 fully saturated rings. The van der Waals surface area contributed by atoms with Crippen molar-refractivity contribution in [3.8, 4) is 0 Å². The molecule has 4 unspecified atom stereocenters. The Morgan fingerprint density at radius 3 is 2.50 bits per heavy atom. The van der Waals surface area contributed by atoms with Gasteiger partial charge in [-0.15, -0.1) is 0 Å². The Kier molecular flexibility index (Phi) is 4.63. The first-order chi connectivity index (χ1) is 11.3. The van der Waals surface area contributed by atoms with Crippen LogP contribution in [-0.2, 0) is 11.0 Å². The molecule has 132 valence electrons. The van der Waals surface area contributed by atoms with Crippen molar-refractivity contribution in [1.29, 1.82) is 0 Å². The van der Waals surface area contributed by atoms with Gasteiger partial charge in [0.25, 0.3) is 0 Å². The second-order valence-electron chi connectivity index (χ2n) is 7.31. The zero-order valence-electron chi connectivity index (χ0n) is 14.1. The minimum atomic E-state index is -4.36. The van der Waals surface area contributed by atoms with Gasteiger partial charge >= 0.3 is 6.18 Å². The molecule has 0 radical (unpaired) electrons. The van der Waals surface area contributed by atoms with Crippen LogP contribution in [0.25, 0.3) is 0 Å². The lowest BCUT2D eigenvalue weighted by atomic mass is 9.85. The maximum Gasteiger partial charge on any atom is 0.416 e. The van der Waals surface area contributed by atoms with Gasteiger partial charge in [-0.2, -0.15) is 13.2 Å². The largest absolute Gasteiger partial charge is 0.416 e. The predicted molar refractivity (Wildman–Crippen MR) is 86.5 cm³/mol. The van der Waals surface area contributed by atoms with Crippen molar-refractivity contribution in [2.24, 2.45) is 11.8 Å². The number of benzene rings is 1. The molecule has 0 bridgehead atoms. The van der Waals surface area contributed by atoms with E-state index in [2.05, 4.69) is 6.92 Å². The summed E-state index contributed by atoms with van der Waals surface area (Å²) < 4.78 is 39.5. The fourth-order valence-corrected chi connectivity index (χ4v) is 4.19. The highest BCUT2D eigenvalue weighted by molar-refractivity contribution is 5.83. The fourth-order valence-electron chi connectivity index (χ4n) is 4.19. The van der Waals surface area contributed by atoms with Crippen molar-refractivity contribution < 1.29 is 18.0 Å². The number of alkyl halides is 3. The van der Waals surface area contributed by atoms with Crippen LogP contribution in [0, 0.1) is 11.8 Å². The lowest BCUT2D eigenvalue weighted by Gasteiger charge is -2.36. The van der Waals surface area contributed by atoms with Gasteiger partial charge in [-0.1, -0.05) is 38.0 Å². The average Bonchev–Trinajstić information content (AvgIpc) is 3.34. The Bertz CT molecular complexity index is 613. The molecule has 0 N–H and O–H groups in total. The fraction of sp³-hybridized carbons (Fsp3) is 0.632. The average molecular weight is 339 g/mol. The minimum Gasteiger partial charge on any atom is -0.342 e. The Morgan fingerprint density at radius 1 is 1.17 bits per heavy atom. The number of halogens is 3. The van der Waals surface area contributed by atoms with Crippen LogP contribution in [0.2, 0.25) is 0 Å². The SMILES string of the molecule is CC1CCCCC1N(C)C(=O)C1CC1c1ccccc1C(F)(F)F. The van der Waals surface area contributed by atoms with Crippen LogP contribution in [0.5, 0.6) is 0 Å². The molecule has 24 heavy (non-hydrogen) atoms. The zero-order valence-corrected chi connectivity index (χ0v) is 14.1. The van der Waals surface area contributed by atoms with Gasteiger partial charge in [0.1, 0.15) is 0 Å². The summed E-state index contributed by atoms with van der Waals surface area (Å²) in [6.07, 6.45) is 0.601. The van der Waals surface area contributed by atoms with E-state index in [0.29, 0.717) is 12.3 Å². The summed E-state index contributed by atoms with van der Waals surface area (Å²) in [5, 5.41) is 0. The standard InChI is InChI=1S/C19H24F3NO/c1-12-7-3-6-10-17(12)23(2)18(24)15-11-14(15)13-8-4-5-9-16(13)19(20,21)22/h4-5,8-9,12,14-15,17H,3,6-7,10-11H2,1-2H3. The quantitative estimate of drug-likeness (QED) is 0.771. The van der Waals surface area contributed by atoms with Crippen molar-refractivity contribution in [1.82, 2.24) is 4.90 Å². The summed E-state index contributed by atoms with van der Waals surface area (Å²) in [6, 6.07) is 5.88. The third kappa shape index (κ3) is 3.31. The molecule has 4 atom stereocenters. The van der Waals surface area contributed by atoms with Gasteiger partial charge in [0.2, 0.25) is 5.91 Å². The number of carbonyl (C=O) groups excluding carboxylic acids is 1. The number of hydrogen-bond donors (Lipinski definition) is 0. The van der Waals surface area contributed by atoms with Crippen molar-refractivity contribution >= 4 is 5.91 Å². The van der Waals surface area contributed by atoms with Gasteiger partial charge in [0.15, 0.2) is 0 Å². The first-order valence-electron chi connectivity index (χ1n) is 8.73. The number of nitrogens with zero attached hydrogens (tertiary/aromatic N) is 1. The maximum absolute atomic E-state index is 13.2. The first kappa shape index (κ1) is 17.3. The smallest absolute Gasteiger partial charge is 0.342 e. The summed E-state index contributed by atoms with van der Waals surface area (Å²) in [4.78, 5) is 14.5. The molecule has 0 spiro atoms. The zero-order chi connectivity index (χ0) is 17.5. The van der Waals surface area contributed by atoms with Crippen molar-refractivity contribution in [3.05, 3.63) is 35.4 Å². The van der Waals surface area contributed by atoms with Gasteiger partial charge in [-0.3, -0.25) is 4.79 Å². The molecule has 1 aromatic rings. The number of rotatable bonds is 3. The molecule has 0 aromatic heterocycles. The highest BCUT2D eigenvalue weighted by Gasteiger charge is 2.49. The molecule has 2 nitrogen and oxygen atoms in total. The van der Waals surface area contributed by atoms with Gasteiger partial charge in [0.05, 0.1) is 5.56 Å². The van der Waals surface area contributed by atoms with Gasteiger partial charge in [-0.25, -0.2) is 0 Å². The monoisotopic (exact) mass is 339 g/mol. The topological polar surface area (TPSA) is 20.3 Å². The molecular weight excluding hydrogens is 315 g/mol. The van der Waals surface area contributed by atoms with E-state index < -0.39 is 11.7 Å². The van der Waals surface area contributed by atoms with Crippen LogP contribution in [0.1, 0.15) is 56.1 Å². The lowest BCUT2D eigenvalue weighted by molar-refractivity contribution is -0.139. The molecular formula is C19H24F3NO. The highest BCUT2D eigenvalue weighted by Crippen LogP contribution is 2.52. The van der Waals surface area contributed by atoms with E-state index >= 15 is 0 Å². The first-order valence-corrected chi connectivity index (χ1v) is 8.73. The van der Waals surface area contributed by atoms with Crippen LogP contribution in [-0.4, -0.2) is 23.9 Å². The minimum absolute atomic E-state index is 0.00993. The number of amides is 1. The Morgan fingerprint density at radius 2 is 1.83 bits per heavy atom. The molecule has 5 heteroatoms. The summed E-state index contributed by atoms with van der Waals surface area (Å²) >= 11 is 0. The van der Waals surface area contributed by atoms with E-state index in [4.69, 9.17) is 0 Å². The van der Waals surface area contributed by atoms with Gasteiger partial charge in [0, 0.05) is 19.0 Å². The summed E-state index contributed by atoms with van der Waals surface area (Å²) in [5.74, 6) is -0.118. The van der Waals surface area contributed by atoms with Crippen molar-refractivity contribution in [2.45, 2.75) is 57.2 Å². The molecule has 1 aromatic carbocycles. The van der Waals surface area contributed by atoms with Crippen molar-refractivity contribution in [2.75, 3.05) is 7.05 Å². The second-order valence-corrected chi connectivity index (χ2v) is 7.31. The predicted octanol–water partition coefficient (Wildman–Crippen LogP) is 4.85. The van der Waals surface area contributed by atoms with Gasteiger partial charge in [-0.05, 0) is 42.7 Å². The van der Waals surface area contributed by atoms with E-state index in [1.54, 1.807) is 6.07 Å². The van der Waals surface area contributed by atoms with E-state index in [9.17, 15) is 18.0 Å². The molecule has 2 aliphatic carbocycles. The molecule has 0 aliphatic heterocycles. The number of hydrogen-bond acceptors (Lipinski definition) is 1. The van der Waals surface area contributed by atoms with Crippen LogP contribution in [0.3, 0.4) is 0 Å². The molecule has 0 heterocycles. The lowest BCUT2D eigenvalue weighted by Crippen LogP contribution is -2.43. The van der Waals surface area contributed by atoms with E-state index in [1.807, 2.05) is 11.9 Å². The summed E-state index contributed by atoms with van der Waals surface area (Å²) in [6.45, 7) is 2.16. The van der Waals surface area contributed by atoms with Gasteiger partial charge < -0.3 is 4.90 Å². The van der Waals surface area contributed by atoms with E-state index in [1.165, 1.54) is 18.6 Å². The maximum atomic E-state index is 13.2. The molecule has 3 rings (SSSR count). The molecule has 2 aliphatic rings. The van der Waals surface area contributed by atoms with Crippen LogP contribution >= 0.6 is 0 Å². The molecule has 2 saturated carbocycles. The Balaban J connectivity index is 1.72. The number of carbonyl (C=O) groups is 1. The van der Waals surface area contributed by atoms with E-state index in [0.717, 1.165) is 25.3 Å². The van der Waals surface area contributed by atoms with E-state index in [-0.39, 0.29) is 29.3 Å². The third-order valence-electron chi connectivity index (χ3n) is 5.68. The molecule has 0 saturated heterocycles. The van der Waals surface area contributed by atoms with Crippen LogP contribution < -0.4 is 0 Å². The Hall–Kier alpha value is -1.52. The van der Waals surface area contributed by atoms with Crippen LogP contribution in [0.4, 0.5) is 13.2 Å². The third-order valence-corrected chi connectivity index (χ3v) is 5.68.